The third kappa shape index (κ3) is 4.58. The molecule has 1 aliphatic heterocycles. The zero-order valence-corrected chi connectivity index (χ0v) is 18.7. The quantitative estimate of drug-likeness (QED) is 0.535. The van der Waals surface area contributed by atoms with Crippen LogP contribution in [0.1, 0.15) is 6.92 Å². The van der Waals surface area contributed by atoms with Crippen LogP contribution in [0.2, 0.25) is 5.02 Å². The fraction of sp³-hybridized carbons (Fsp3) is 0.286. The lowest BCUT2D eigenvalue weighted by atomic mass is 9.95. The van der Waals surface area contributed by atoms with Crippen LogP contribution in [0.4, 0.5) is 19.0 Å². The van der Waals surface area contributed by atoms with Gasteiger partial charge in [0.2, 0.25) is 5.88 Å². The molecule has 2 aromatic heterocycles. The minimum Gasteiger partial charge on any atom is -0.415 e. The Kier molecular flexibility index (Phi) is 6.27. The van der Waals surface area contributed by atoms with Crippen molar-refractivity contribution in [1.29, 1.82) is 5.26 Å². The van der Waals surface area contributed by atoms with Gasteiger partial charge in [-0.05, 0) is 24.6 Å². The maximum atomic E-state index is 13.9. The van der Waals surface area contributed by atoms with Crippen LogP contribution in [0.5, 0.6) is 5.88 Å². The molecule has 0 unspecified atom stereocenters. The number of halogens is 4. The van der Waals surface area contributed by atoms with Gasteiger partial charge in [-0.15, -0.1) is 0 Å². The molecule has 0 spiro atoms. The Morgan fingerprint density at radius 2 is 2.03 bits per heavy atom. The van der Waals surface area contributed by atoms with Crippen LogP contribution in [-0.4, -0.2) is 49.5 Å². The molecular weight excluding hydrogens is 493 g/mol. The lowest BCUT2D eigenvalue weighted by molar-refractivity contribution is -0.0531. The number of aromatic nitrogens is 4. The van der Waals surface area contributed by atoms with Crippen LogP contribution in [0, 0.1) is 17.1 Å². The molecule has 3 aromatic rings. The normalized spacial score (nSPS) is 14.5. The van der Waals surface area contributed by atoms with E-state index in [4.69, 9.17) is 11.6 Å². The van der Waals surface area contributed by atoms with Crippen LogP contribution >= 0.6 is 11.6 Å². The number of ether oxygens (including phenoxy) is 1. The average molecular weight is 509 g/mol. The van der Waals surface area contributed by atoms with Crippen LogP contribution in [0.15, 0.2) is 40.2 Å². The van der Waals surface area contributed by atoms with Gasteiger partial charge in [0, 0.05) is 13.1 Å². The van der Waals surface area contributed by atoms with Crippen molar-refractivity contribution in [2.75, 3.05) is 18.0 Å². The van der Waals surface area contributed by atoms with Crippen molar-refractivity contribution in [3.05, 3.63) is 62.3 Å². The van der Waals surface area contributed by atoms with Gasteiger partial charge in [-0.25, -0.2) is 13.8 Å². The first-order chi connectivity index (χ1) is 16.5. The van der Waals surface area contributed by atoms with E-state index in [0.717, 1.165) is 23.0 Å². The van der Waals surface area contributed by atoms with Gasteiger partial charge < -0.3 is 14.7 Å². The molecule has 0 bridgehead atoms. The van der Waals surface area contributed by atoms with Crippen molar-refractivity contribution >= 4 is 17.4 Å². The van der Waals surface area contributed by atoms with E-state index in [2.05, 4.69) is 14.7 Å². The Bertz CT molecular complexity index is 1460. The third-order valence-corrected chi connectivity index (χ3v) is 5.45. The Balaban J connectivity index is 2.06. The minimum absolute atomic E-state index is 0.0000518. The first kappa shape index (κ1) is 24.2. The van der Waals surface area contributed by atoms with Crippen LogP contribution in [-0.2, 0) is 6.54 Å². The predicted molar refractivity (Wildman–Crippen MR) is 117 cm³/mol. The lowest BCUT2D eigenvalue weighted by Gasteiger charge is -2.46. The molecular formula is C21H16ClF3N6O4. The lowest BCUT2D eigenvalue weighted by Crippen LogP contribution is -2.62. The first-order valence-electron chi connectivity index (χ1n) is 9.99. The van der Waals surface area contributed by atoms with Crippen LogP contribution in [0.25, 0.3) is 16.9 Å². The van der Waals surface area contributed by atoms with E-state index in [1.165, 1.54) is 17.0 Å². The number of nitrogens with zero attached hydrogens (tertiary/aromatic N) is 6. The van der Waals surface area contributed by atoms with E-state index in [9.17, 15) is 33.1 Å². The Labute approximate surface area is 200 Å². The summed E-state index contributed by atoms with van der Waals surface area (Å²) in [5.74, 6) is -1.84. The summed E-state index contributed by atoms with van der Waals surface area (Å²) >= 11 is 5.93. The van der Waals surface area contributed by atoms with E-state index in [1.807, 2.05) is 6.07 Å². The Hall–Kier alpha value is -3.89. The summed E-state index contributed by atoms with van der Waals surface area (Å²) in [7, 11) is 0. The minimum atomic E-state index is -3.23. The second kappa shape index (κ2) is 9.05. The number of rotatable bonds is 6. The number of alkyl halides is 2. The molecule has 0 radical (unpaired) electrons. The number of nitriles is 1. The molecule has 1 fully saturated rings. The average Bonchev–Trinajstić information content (AvgIpc) is 2.76. The fourth-order valence-electron chi connectivity index (χ4n) is 3.81. The monoisotopic (exact) mass is 508 g/mol. The number of benzene rings is 1. The molecule has 1 saturated heterocycles. The fourth-order valence-corrected chi connectivity index (χ4v) is 3.99. The van der Waals surface area contributed by atoms with Crippen molar-refractivity contribution in [1.82, 2.24) is 19.1 Å². The number of anilines is 1. The second-order valence-electron chi connectivity index (χ2n) is 7.94. The standard InChI is InChI=1S/C21H16ClF3N6O4/c1-21(34)9-29(10-21)17-16(11-2-3-13(23)12(22)6-11)18(32)31(20(33)30(17)5-4-26)14-7-27-8-15(28-14)35-19(24)25/h2-3,6-8,19,34H,5,9-10H2,1H3. The van der Waals surface area contributed by atoms with E-state index < -0.39 is 47.5 Å². The van der Waals surface area contributed by atoms with Crippen molar-refractivity contribution in [2.24, 2.45) is 0 Å². The van der Waals surface area contributed by atoms with Crippen LogP contribution < -0.4 is 20.9 Å². The van der Waals surface area contributed by atoms with Crippen molar-refractivity contribution in [2.45, 2.75) is 25.7 Å². The largest absolute Gasteiger partial charge is 0.415 e. The summed E-state index contributed by atoms with van der Waals surface area (Å²) in [6, 6.07) is 5.28. The molecule has 14 heteroatoms. The highest BCUT2D eigenvalue weighted by atomic mass is 35.5. The van der Waals surface area contributed by atoms with E-state index in [-0.39, 0.29) is 35.1 Å². The molecule has 4 rings (SSSR count). The molecule has 1 aliphatic rings. The molecule has 0 saturated carbocycles. The van der Waals surface area contributed by atoms with Crippen molar-refractivity contribution in [3.8, 4) is 28.9 Å². The molecule has 0 aliphatic carbocycles. The molecule has 3 heterocycles. The number of hydrogen-bond acceptors (Lipinski definition) is 8. The zero-order valence-electron chi connectivity index (χ0n) is 18.0. The van der Waals surface area contributed by atoms with Gasteiger partial charge in [-0.3, -0.25) is 14.3 Å². The molecule has 35 heavy (non-hydrogen) atoms. The van der Waals surface area contributed by atoms with Crippen molar-refractivity contribution in [3.63, 3.8) is 0 Å². The molecule has 0 amide bonds. The zero-order chi connectivity index (χ0) is 25.5. The Morgan fingerprint density at radius 3 is 2.63 bits per heavy atom. The van der Waals surface area contributed by atoms with E-state index in [1.54, 1.807) is 6.92 Å². The van der Waals surface area contributed by atoms with E-state index >= 15 is 0 Å². The highest BCUT2D eigenvalue weighted by Crippen LogP contribution is 2.35. The maximum Gasteiger partial charge on any atom is 0.388 e. The SMILES string of the molecule is CC1(O)CN(c2c(-c3ccc(F)c(Cl)c3)c(=O)n(-c3cncc(OC(F)F)n3)c(=O)n2CC#N)C1. The number of β-amino-alcohol motifs (C(OH)–C–C–N with tert-alkyl or cyclic N) is 1. The van der Waals surface area contributed by atoms with Gasteiger partial charge in [0.15, 0.2) is 5.82 Å². The maximum absolute atomic E-state index is 13.9. The number of aliphatic hydroxyl groups is 1. The van der Waals surface area contributed by atoms with Crippen molar-refractivity contribution < 1.29 is 23.0 Å². The van der Waals surface area contributed by atoms with Gasteiger partial charge in [0.25, 0.3) is 5.56 Å². The predicted octanol–water partition coefficient (Wildman–Crippen LogP) is 1.94. The van der Waals surface area contributed by atoms with Crippen LogP contribution in [0.3, 0.4) is 0 Å². The van der Waals surface area contributed by atoms with Gasteiger partial charge in [-0.2, -0.15) is 19.0 Å². The van der Waals surface area contributed by atoms with E-state index in [0.29, 0.717) is 4.57 Å². The highest BCUT2D eigenvalue weighted by Gasteiger charge is 2.40. The molecule has 182 valence electrons. The smallest absolute Gasteiger partial charge is 0.388 e. The first-order valence-corrected chi connectivity index (χ1v) is 10.4. The van der Waals surface area contributed by atoms with Gasteiger partial charge in [0.05, 0.1) is 34.7 Å². The summed E-state index contributed by atoms with van der Waals surface area (Å²) in [6.45, 7) is -2.14. The second-order valence-corrected chi connectivity index (χ2v) is 8.35. The summed E-state index contributed by atoms with van der Waals surface area (Å²) in [4.78, 5) is 36.1. The highest BCUT2D eigenvalue weighted by molar-refractivity contribution is 6.31. The number of hydrogen-bond donors (Lipinski definition) is 1. The summed E-state index contributed by atoms with van der Waals surface area (Å²) < 4.78 is 44.9. The molecule has 1 N–H and O–H groups in total. The third-order valence-electron chi connectivity index (χ3n) is 5.16. The van der Waals surface area contributed by atoms with Gasteiger partial charge >= 0.3 is 12.3 Å². The molecule has 0 atom stereocenters. The Morgan fingerprint density at radius 1 is 1.31 bits per heavy atom. The topological polar surface area (TPSA) is 126 Å². The van der Waals surface area contributed by atoms with Gasteiger partial charge in [-0.1, -0.05) is 17.7 Å². The van der Waals surface area contributed by atoms with Gasteiger partial charge in [0.1, 0.15) is 18.2 Å². The molecule has 10 nitrogen and oxygen atoms in total. The summed E-state index contributed by atoms with van der Waals surface area (Å²) in [5, 5.41) is 19.3. The summed E-state index contributed by atoms with van der Waals surface area (Å²) in [5.41, 5.74) is -3.14. The summed E-state index contributed by atoms with van der Waals surface area (Å²) in [6.07, 6.45) is 1.85. The molecule has 1 aromatic carbocycles.